The molecule has 1 aromatic heterocycles. The lowest BCUT2D eigenvalue weighted by atomic mass is 10.1. The molecule has 5 heteroatoms. The van der Waals surface area contributed by atoms with Crippen molar-refractivity contribution in [3.8, 4) is 0 Å². The molecule has 0 aromatic carbocycles. The number of likely N-dealkylation sites (N-methyl/N-ethyl adjacent to an activating group) is 1. The predicted molar refractivity (Wildman–Crippen MR) is 84.3 cm³/mol. The maximum atomic E-state index is 9.53. The highest BCUT2D eigenvalue weighted by Crippen LogP contribution is 2.11. The molecule has 0 saturated carbocycles. The van der Waals surface area contributed by atoms with E-state index in [1.54, 1.807) is 0 Å². The van der Waals surface area contributed by atoms with Gasteiger partial charge in [-0.3, -0.25) is 14.9 Å². The van der Waals surface area contributed by atoms with Crippen molar-refractivity contribution in [3.05, 3.63) is 22.8 Å². The fourth-order valence-electron chi connectivity index (χ4n) is 2.70. The van der Waals surface area contributed by atoms with Crippen molar-refractivity contribution in [2.24, 2.45) is 0 Å². The van der Waals surface area contributed by atoms with Gasteiger partial charge in [-0.15, -0.1) is 0 Å². The molecule has 118 valence electrons. The Kier molecular flexibility index (Phi) is 5.67. The van der Waals surface area contributed by atoms with Gasteiger partial charge in [-0.25, -0.2) is 0 Å². The van der Waals surface area contributed by atoms with Gasteiger partial charge in [0.05, 0.1) is 28.9 Å². The van der Waals surface area contributed by atoms with Gasteiger partial charge >= 0.3 is 0 Å². The second kappa shape index (κ2) is 7.29. The van der Waals surface area contributed by atoms with E-state index in [0.29, 0.717) is 0 Å². The lowest BCUT2D eigenvalue weighted by molar-refractivity contribution is 0.0778. The Balaban J connectivity index is 1.82. The topological polar surface area (TPSA) is 52.5 Å². The van der Waals surface area contributed by atoms with Crippen molar-refractivity contribution in [2.45, 2.75) is 46.3 Å². The molecular formula is C16H28N4O. The average Bonchev–Trinajstić information content (AvgIpc) is 2.44. The largest absolute Gasteiger partial charge is 0.393 e. The second-order valence-electron chi connectivity index (χ2n) is 6.24. The van der Waals surface area contributed by atoms with Crippen molar-refractivity contribution in [2.75, 3.05) is 33.2 Å². The highest BCUT2D eigenvalue weighted by Gasteiger charge is 2.17. The zero-order valence-corrected chi connectivity index (χ0v) is 13.8. The van der Waals surface area contributed by atoms with Crippen LogP contribution < -0.4 is 0 Å². The number of nitrogens with zero attached hydrogens (tertiary/aromatic N) is 4. The van der Waals surface area contributed by atoms with Gasteiger partial charge in [0.25, 0.3) is 0 Å². The molecule has 2 rings (SSSR count). The molecule has 1 N–H and O–H groups in total. The average molecular weight is 292 g/mol. The van der Waals surface area contributed by atoms with Crippen LogP contribution in [0.15, 0.2) is 0 Å². The molecule has 1 saturated heterocycles. The van der Waals surface area contributed by atoms with Gasteiger partial charge in [0, 0.05) is 32.7 Å². The number of hydrogen-bond acceptors (Lipinski definition) is 5. The van der Waals surface area contributed by atoms with Crippen molar-refractivity contribution in [1.82, 2.24) is 19.8 Å². The smallest absolute Gasteiger partial charge is 0.0759 e. The summed E-state index contributed by atoms with van der Waals surface area (Å²) in [7, 11) is 2.13. The van der Waals surface area contributed by atoms with Crippen LogP contribution in [0, 0.1) is 20.8 Å². The highest BCUT2D eigenvalue weighted by atomic mass is 16.3. The summed E-state index contributed by atoms with van der Waals surface area (Å²) in [6.07, 6.45) is 1.73. The Bertz CT molecular complexity index is 470. The maximum absolute atomic E-state index is 9.53. The molecule has 1 aliphatic heterocycles. The molecule has 0 unspecified atom stereocenters. The van der Waals surface area contributed by atoms with Crippen molar-refractivity contribution in [3.63, 3.8) is 0 Å². The summed E-state index contributed by atoms with van der Waals surface area (Å²) in [6, 6.07) is 0. The number of aliphatic hydroxyl groups is 1. The number of rotatable bonds is 5. The van der Waals surface area contributed by atoms with Crippen LogP contribution in [0.3, 0.4) is 0 Å². The summed E-state index contributed by atoms with van der Waals surface area (Å²) in [5.41, 5.74) is 4.15. The predicted octanol–water partition coefficient (Wildman–Crippen LogP) is 1.29. The van der Waals surface area contributed by atoms with E-state index in [-0.39, 0.29) is 6.10 Å². The van der Waals surface area contributed by atoms with Crippen LogP contribution in [0.2, 0.25) is 0 Å². The quantitative estimate of drug-likeness (QED) is 0.886. The van der Waals surface area contributed by atoms with Crippen LogP contribution in [0.25, 0.3) is 0 Å². The molecule has 0 atom stereocenters. The zero-order chi connectivity index (χ0) is 15.4. The first-order valence-electron chi connectivity index (χ1n) is 7.85. The third-order valence-electron chi connectivity index (χ3n) is 4.35. The van der Waals surface area contributed by atoms with E-state index in [0.717, 1.165) is 68.3 Å². The van der Waals surface area contributed by atoms with Crippen molar-refractivity contribution in [1.29, 1.82) is 0 Å². The first kappa shape index (κ1) is 16.3. The molecule has 1 aromatic rings. The normalized spacial score (nSPS) is 17.6. The molecule has 2 heterocycles. The summed E-state index contributed by atoms with van der Waals surface area (Å²) < 4.78 is 0. The second-order valence-corrected chi connectivity index (χ2v) is 6.24. The molecule has 0 amide bonds. The van der Waals surface area contributed by atoms with Gasteiger partial charge in [-0.1, -0.05) is 0 Å². The Morgan fingerprint density at radius 2 is 1.71 bits per heavy atom. The minimum Gasteiger partial charge on any atom is -0.393 e. The number of piperidine rings is 1. The van der Waals surface area contributed by atoms with Crippen LogP contribution in [0.5, 0.6) is 0 Å². The molecule has 1 fully saturated rings. The first-order valence-corrected chi connectivity index (χ1v) is 7.85. The fourth-order valence-corrected chi connectivity index (χ4v) is 2.70. The lowest BCUT2D eigenvalue weighted by Crippen LogP contribution is -2.40. The van der Waals surface area contributed by atoms with Crippen molar-refractivity contribution >= 4 is 0 Å². The number of aliphatic hydroxyl groups excluding tert-OH is 1. The Labute approximate surface area is 128 Å². The summed E-state index contributed by atoms with van der Waals surface area (Å²) in [5, 5.41) is 9.53. The van der Waals surface area contributed by atoms with E-state index in [1.807, 2.05) is 20.8 Å². The van der Waals surface area contributed by atoms with E-state index in [2.05, 4.69) is 26.8 Å². The highest BCUT2D eigenvalue weighted by molar-refractivity contribution is 5.17. The van der Waals surface area contributed by atoms with Gasteiger partial charge in [0.1, 0.15) is 0 Å². The van der Waals surface area contributed by atoms with Gasteiger partial charge in [0.15, 0.2) is 0 Å². The molecule has 21 heavy (non-hydrogen) atoms. The summed E-state index contributed by atoms with van der Waals surface area (Å²) in [5.74, 6) is 0. The van der Waals surface area contributed by atoms with Crippen LogP contribution in [-0.4, -0.2) is 64.2 Å². The summed E-state index contributed by atoms with van der Waals surface area (Å²) in [4.78, 5) is 14.0. The third-order valence-corrected chi connectivity index (χ3v) is 4.35. The lowest BCUT2D eigenvalue weighted by Gasteiger charge is -2.30. The molecule has 0 spiro atoms. The SMILES string of the molecule is Cc1nc(C)c(CN(C)CCN2CCC(O)CC2)nc1C. The molecule has 1 aliphatic rings. The van der Waals surface area contributed by atoms with Gasteiger partial charge < -0.3 is 10.0 Å². The van der Waals surface area contributed by atoms with Crippen LogP contribution in [0.4, 0.5) is 0 Å². The van der Waals surface area contributed by atoms with E-state index < -0.39 is 0 Å². The van der Waals surface area contributed by atoms with E-state index >= 15 is 0 Å². The van der Waals surface area contributed by atoms with Gasteiger partial charge in [-0.2, -0.15) is 0 Å². The Hall–Kier alpha value is -1.04. The molecule has 0 aliphatic carbocycles. The van der Waals surface area contributed by atoms with E-state index in [4.69, 9.17) is 0 Å². The van der Waals surface area contributed by atoms with E-state index in [1.165, 1.54) is 0 Å². The number of hydrogen-bond donors (Lipinski definition) is 1. The molecule has 0 bridgehead atoms. The minimum absolute atomic E-state index is 0.0903. The van der Waals surface area contributed by atoms with Crippen LogP contribution in [-0.2, 0) is 6.54 Å². The maximum Gasteiger partial charge on any atom is 0.0759 e. The molecule has 5 nitrogen and oxygen atoms in total. The van der Waals surface area contributed by atoms with Gasteiger partial charge in [-0.05, 0) is 40.7 Å². The van der Waals surface area contributed by atoms with Crippen LogP contribution in [0.1, 0.15) is 35.6 Å². The molecule has 0 radical (unpaired) electrons. The first-order chi connectivity index (χ1) is 9.95. The van der Waals surface area contributed by atoms with Crippen molar-refractivity contribution < 1.29 is 5.11 Å². The Morgan fingerprint density at radius 1 is 1.10 bits per heavy atom. The van der Waals surface area contributed by atoms with Gasteiger partial charge in [0.2, 0.25) is 0 Å². The minimum atomic E-state index is -0.0903. The zero-order valence-electron chi connectivity index (χ0n) is 13.8. The summed E-state index contributed by atoms with van der Waals surface area (Å²) in [6.45, 7) is 11.0. The standard InChI is InChI=1S/C16H28N4O/c1-12-13(2)18-16(14(3)17-12)11-19(4)9-10-20-7-5-15(21)6-8-20/h15,21H,5-11H2,1-4H3. The third kappa shape index (κ3) is 4.73. The number of aromatic nitrogens is 2. The van der Waals surface area contributed by atoms with Crippen LogP contribution >= 0.6 is 0 Å². The number of likely N-dealkylation sites (tertiary alicyclic amines) is 1. The van der Waals surface area contributed by atoms with E-state index in [9.17, 15) is 5.11 Å². The fraction of sp³-hybridized carbons (Fsp3) is 0.750. The molecular weight excluding hydrogens is 264 g/mol. The Morgan fingerprint density at radius 3 is 2.38 bits per heavy atom. The summed E-state index contributed by atoms with van der Waals surface area (Å²) >= 11 is 0. The monoisotopic (exact) mass is 292 g/mol. The number of aryl methyl sites for hydroxylation is 3.